The van der Waals surface area contributed by atoms with Gasteiger partial charge in [0.05, 0.1) is 7.11 Å². The molecule has 0 N–H and O–H groups in total. The molecule has 0 fully saturated rings. The summed E-state index contributed by atoms with van der Waals surface area (Å²) in [7, 11) is 0.453. The van der Waals surface area contributed by atoms with E-state index in [1.54, 1.807) is 0 Å². The summed E-state index contributed by atoms with van der Waals surface area (Å²) in [6, 6.07) is 56.5. The summed E-state index contributed by atoms with van der Waals surface area (Å²) in [5.41, 5.74) is 5.53. The van der Waals surface area contributed by atoms with Crippen molar-refractivity contribution < 1.29 is 4.74 Å². The molecule has 4 aliphatic carbocycles. The zero-order chi connectivity index (χ0) is 29.7. The fraction of sp³-hybridized carbons (Fsp3) is 0.122. The Labute approximate surface area is 264 Å². The van der Waals surface area contributed by atoms with Crippen LogP contribution in [0.1, 0.15) is 22.3 Å². The zero-order valence-electron chi connectivity index (χ0n) is 25.1. The molecule has 0 unspecified atom stereocenters. The van der Waals surface area contributed by atoms with Crippen LogP contribution in [0.3, 0.4) is 0 Å². The molecule has 10 rings (SSSR count). The van der Waals surface area contributed by atoms with Gasteiger partial charge < -0.3 is 4.74 Å². The van der Waals surface area contributed by atoms with Crippen molar-refractivity contribution in [1.29, 1.82) is 0 Å². The van der Waals surface area contributed by atoms with Gasteiger partial charge in [0, 0.05) is 0 Å². The number of rotatable bonds is 7. The van der Waals surface area contributed by atoms with Gasteiger partial charge in [-0.2, -0.15) is 0 Å². The number of ether oxygens (including phenoxy) is 1. The van der Waals surface area contributed by atoms with E-state index in [4.69, 9.17) is 4.74 Å². The van der Waals surface area contributed by atoms with Crippen LogP contribution in [0.5, 0.6) is 5.75 Å². The van der Waals surface area contributed by atoms with Crippen molar-refractivity contribution in [3.63, 3.8) is 0 Å². The number of aryl methyl sites for hydroxylation is 4. The van der Waals surface area contributed by atoms with E-state index in [1.165, 1.54) is 54.1 Å². The SMILES string of the molecule is COc1cc2c(P(c3ccccc3)c3ccccc3)cc1CCc1ccc(cc1P(c1ccccc1)c1ccccc1)CC2. The van der Waals surface area contributed by atoms with Gasteiger partial charge in [-0.25, -0.2) is 0 Å². The maximum absolute atomic E-state index is 6.08. The normalized spacial score (nSPS) is 12.7. The topological polar surface area (TPSA) is 9.23 Å². The Balaban J connectivity index is 1.35. The van der Waals surface area contributed by atoms with Crippen LogP contribution in [-0.4, -0.2) is 7.11 Å². The Morgan fingerprint density at radius 1 is 0.409 bits per heavy atom. The van der Waals surface area contributed by atoms with Gasteiger partial charge in [-0.1, -0.05) is 140 Å². The van der Waals surface area contributed by atoms with Gasteiger partial charge in [-0.15, -0.1) is 0 Å². The van der Waals surface area contributed by atoms with Gasteiger partial charge in [-0.05, 0) is 108 Å². The van der Waals surface area contributed by atoms with Gasteiger partial charge >= 0.3 is 0 Å². The smallest absolute Gasteiger partial charge is 0.122 e. The summed E-state index contributed by atoms with van der Waals surface area (Å²) in [5, 5.41) is 8.53. The van der Waals surface area contributed by atoms with E-state index >= 15 is 0 Å². The summed E-state index contributed by atoms with van der Waals surface area (Å²) in [6.45, 7) is 0. The molecule has 3 heteroatoms. The minimum absolute atomic E-state index is 0.672. The van der Waals surface area contributed by atoms with Gasteiger partial charge in [0.2, 0.25) is 0 Å². The number of methoxy groups -OCH3 is 1. The van der Waals surface area contributed by atoms with E-state index in [9.17, 15) is 0 Å². The summed E-state index contributed by atoms with van der Waals surface area (Å²) < 4.78 is 6.08. The highest BCUT2D eigenvalue weighted by atomic mass is 31.1. The van der Waals surface area contributed by atoms with Crippen LogP contribution in [0.25, 0.3) is 0 Å². The maximum atomic E-state index is 6.08. The summed E-state index contributed by atoms with van der Waals surface area (Å²) in [4.78, 5) is 0. The lowest BCUT2D eigenvalue weighted by Crippen LogP contribution is -2.26. The molecule has 6 aromatic carbocycles. The largest absolute Gasteiger partial charge is 0.496 e. The quantitative estimate of drug-likeness (QED) is 0.176. The number of benzene rings is 6. The van der Waals surface area contributed by atoms with Crippen molar-refractivity contribution in [2.24, 2.45) is 0 Å². The second-order valence-corrected chi connectivity index (χ2v) is 15.6. The Bertz CT molecular complexity index is 1760. The molecule has 6 aromatic rings. The molecule has 1 nitrogen and oxygen atoms in total. The third kappa shape index (κ3) is 6.01. The average Bonchev–Trinajstić information content (AvgIpc) is 3.08. The average molecular weight is 607 g/mol. The number of hydrogen-bond donors (Lipinski definition) is 0. The molecule has 0 atom stereocenters. The lowest BCUT2D eigenvalue weighted by molar-refractivity contribution is 0.409. The molecule has 0 saturated heterocycles. The molecule has 0 amide bonds. The van der Waals surface area contributed by atoms with Crippen LogP contribution in [0, 0.1) is 0 Å². The highest BCUT2D eigenvalue weighted by Crippen LogP contribution is 2.39. The highest BCUT2D eigenvalue weighted by Gasteiger charge is 2.25. The molecule has 0 aliphatic heterocycles. The molecular formula is C41H36OP2. The predicted octanol–water partition coefficient (Wildman–Crippen LogP) is 7.10. The molecule has 4 aliphatic rings. The molecule has 0 spiro atoms. The van der Waals surface area contributed by atoms with Crippen molar-refractivity contribution >= 4 is 47.7 Å². The first-order valence-electron chi connectivity index (χ1n) is 15.4. The monoisotopic (exact) mass is 606 g/mol. The lowest BCUT2D eigenvalue weighted by Gasteiger charge is -2.26. The van der Waals surface area contributed by atoms with Crippen molar-refractivity contribution in [2.45, 2.75) is 25.7 Å². The minimum Gasteiger partial charge on any atom is -0.496 e. The molecule has 0 aromatic heterocycles. The van der Waals surface area contributed by atoms with E-state index in [0.29, 0.717) is 0 Å². The third-order valence-corrected chi connectivity index (χ3v) is 13.6. The Kier molecular flexibility index (Phi) is 8.70. The Morgan fingerprint density at radius 3 is 1.32 bits per heavy atom. The predicted molar refractivity (Wildman–Crippen MR) is 192 cm³/mol. The van der Waals surface area contributed by atoms with Gasteiger partial charge in [0.1, 0.15) is 5.75 Å². The molecular weight excluding hydrogens is 570 g/mol. The van der Waals surface area contributed by atoms with Crippen molar-refractivity contribution in [3.05, 3.63) is 174 Å². The van der Waals surface area contributed by atoms with E-state index in [1.807, 2.05) is 7.11 Å². The second-order valence-electron chi connectivity index (χ2n) is 11.3. The van der Waals surface area contributed by atoms with Crippen LogP contribution in [0.2, 0.25) is 0 Å². The molecule has 4 bridgehead atoms. The standard InChI is InChI=1S/C41H36OP2/c1-42-39-29-34-25-23-31-22-24-32(40(28-31)43(35-14-6-2-7-15-35)36-16-8-3-9-17-36)26-27-33(39)30-41(34)44(37-18-10-4-11-19-37)38-20-12-5-13-21-38/h2-22,24,28-30H,23,25-27H2,1H3. The minimum atomic E-state index is -0.703. The third-order valence-electron chi connectivity index (χ3n) is 8.52. The van der Waals surface area contributed by atoms with E-state index in [0.717, 1.165) is 31.4 Å². The molecule has 0 heterocycles. The van der Waals surface area contributed by atoms with Crippen molar-refractivity contribution in [1.82, 2.24) is 0 Å². The van der Waals surface area contributed by atoms with E-state index in [-0.39, 0.29) is 0 Å². The summed E-state index contributed by atoms with van der Waals surface area (Å²) in [5.74, 6) is 1.02. The summed E-state index contributed by atoms with van der Waals surface area (Å²) in [6.07, 6.45) is 3.86. The Hall–Kier alpha value is -4.02. The molecule has 0 radical (unpaired) electrons. The van der Waals surface area contributed by atoms with E-state index < -0.39 is 15.8 Å². The Morgan fingerprint density at radius 2 is 0.841 bits per heavy atom. The van der Waals surface area contributed by atoms with Crippen molar-refractivity contribution in [2.75, 3.05) is 7.11 Å². The first-order chi connectivity index (χ1) is 21.8. The van der Waals surface area contributed by atoms with Crippen LogP contribution >= 0.6 is 15.8 Å². The van der Waals surface area contributed by atoms with Gasteiger partial charge in [0.25, 0.3) is 0 Å². The van der Waals surface area contributed by atoms with Crippen molar-refractivity contribution in [3.8, 4) is 5.75 Å². The molecule has 44 heavy (non-hydrogen) atoms. The van der Waals surface area contributed by atoms with Gasteiger partial charge in [-0.3, -0.25) is 0 Å². The van der Waals surface area contributed by atoms with Crippen LogP contribution in [0.4, 0.5) is 0 Å². The van der Waals surface area contributed by atoms with E-state index in [2.05, 4.69) is 152 Å². The fourth-order valence-electron chi connectivity index (χ4n) is 6.34. The fourth-order valence-corrected chi connectivity index (χ4v) is 11.5. The lowest BCUT2D eigenvalue weighted by atomic mass is 9.96. The first kappa shape index (κ1) is 28.7. The first-order valence-corrected chi connectivity index (χ1v) is 18.1. The van der Waals surface area contributed by atoms with Crippen LogP contribution in [0.15, 0.2) is 152 Å². The maximum Gasteiger partial charge on any atom is 0.122 e. The summed E-state index contributed by atoms with van der Waals surface area (Å²) >= 11 is 0. The second kappa shape index (κ2) is 13.3. The highest BCUT2D eigenvalue weighted by molar-refractivity contribution is 7.80. The zero-order valence-corrected chi connectivity index (χ0v) is 26.9. The van der Waals surface area contributed by atoms with Crippen LogP contribution < -0.4 is 36.6 Å². The molecule has 0 saturated carbocycles. The van der Waals surface area contributed by atoms with Crippen LogP contribution in [-0.2, 0) is 25.7 Å². The van der Waals surface area contributed by atoms with Gasteiger partial charge in [0.15, 0.2) is 0 Å². The number of hydrogen-bond acceptors (Lipinski definition) is 1. The molecule has 216 valence electrons.